The standard InChI is InChI=1S/C12H19NSi/c1-4-14(5-2)12-9-7-6-8-11(12)10-13(14)3/h6-9H,4-5,10H2,1-3H3. The molecule has 1 aromatic carbocycles. The van der Waals surface area contributed by atoms with Gasteiger partial charge in [0.05, 0.1) is 0 Å². The van der Waals surface area contributed by atoms with Gasteiger partial charge in [-0.05, 0) is 29.9 Å². The lowest BCUT2D eigenvalue weighted by Gasteiger charge is -2.32. The molecule has 0 fully saturated rings. The van der Waals surface area contributed by atoms with Gasteiger partial charge in [-0.15, -0.1) is 0 Å². The number of fused-ring (bicyclic) bond motifs is 1. The van der Waals surface area contributed by atoms with Gasteiger partial charge in [0.15, 0.2) is 8.24 Å². The van der Waals surface area contributed by atoms with E-state index >= 15 is 0 Å². The van der Waals surface area contributed by atoms with Crippen LogP contribution in [-0.2, 0) is 6.54 Å². The lowest BCUT2D eigenvalue weighted by molar-refractivity contribution is 0.519. The third-order valence-corrected chi connectivity index (χ3v) is 9.28. The first-order chi connectivity index (χ1) is 6.74. The summed E-state index contributed by atoms with van der Waals surface area (Å²) >= 11 is 0. The van der Waals surface area contributed by atoms with Gasteiger partial charge in [-0.2, -0.15) is 0 Å². The predicted octanol–water partition coefficient (Wildman–Crippen LogP) is 2.32. The van der Waals surface area contributed by atoms with Crippen LogP contribution in [0, 0.1) is 0 Å². The monoisotopic (exact) mass is 205 g/mol. The van der Waals surface area contributed by atoms with Gasteiger partial charge in [0.2, 0.25) is 0 Å². The molecule has 0 aromatic heterocycles. The third kappa shape index (κ3) is 1.17. The summed E-state index contributed by atoms with van der Waals surface area (Å²) in [5.41, 5.74) is 1.57. The number of hydrogen-bond acceptors (Lipinski definition) is 1. The van der Waals surface area contributed by atoms with Gasteiger partial charge >= 0.3 is 0 Å². The lowest BCUT2D eigenvalue weighted by atomic mass is 10.2. The van der Waals surface area contributed by atoms with Gasteiger partial charge in [-0.25, -0.2) is 0 Å². The summed E-state index contributed by atoms with van der Waals surface area (Å²) in [5, 5.41) is 1.69. The van der Waals surface area contributed by atoms with Crippen LogP contribution in [0.25, 0.3) is 0 Å². The van der Waals surface area contributed by atoms with Crippen molar-refractivity contribution in [1.29, 1.82) is 0 Å². The van der Waals surface area contributed by atoms with E-state index in [1.165, 1.54) is 18.6 Å². The first kappa shape index (κ1) is 9.93. The first-order valence-electron chi connectivity index (χ1n) is 5.54. The molecule has 1 nitrogen and oxygen atoms in total. The maximum Gasteiger partial charge on any atom is 0.160 e. The van der Waals surface area contributed by atoms with Crippen LogP contribution >= 0.6 is 0 Å². The second-order valence-electron chi connectivity index (χ2n) is 4.25. The minimum absolute atomic E-state index is 1.17. The summed E-state index contributed by atoms with van der Waals surface area (Å²) < 4.78 is 2.64. The molecule has 0 N–H and O–H groups in total. The average Bonchev–Trinajstić information content (AvgIpc) is 2.50. The van der Waals surface area contributed by atoms with E-state index in [1.54, 1.807) is 10.8 Å². The van der Waals surface area contributed by atoms with Crippen molar-refractivity contribution in [3.63, 3.8) is 0 Å². The van der Waals surface area contributed by atoms with Crippen molar-refractivity contribution in [1.82, 2.24) is 4.57 Å². The van der Waals surface area contributed by atoms with E-state index < -0.39 is 8.24 Å². The van der Waals surface area contributed by atoms with Crippen LogP contribution in [-0.4, -0.2) is 19.8 Å². The summed E-state index contributed by atoms with van der Waals surface area (Å²) in [4.78, 5) is 0. The summed E-state index contributed by atoms with van der Waals surface area (Å²) in [6, 6.07) is 11.7. The van der Waals surface area contributed by atoms with Crippen molar-refractivity contribution in [3.8, 4) is 0 Å². The minimum Gasteiger partial charge on any atom is -0.319 e. The molecule has 14 heavy (non-hydrogen) atoms. The Morgan fingerprint density at radius 2 is 1.86 bits per heavy atom. The fraction of sp³-hybridized carbons (Fsp3) is 0.500. The first-order valence-corrected chi connectivity index (χ1v) is 7.90. The summed E-state index contributed by atoms with van der Waals surface area (Å²) in [5.74, 6) is 0. The molecule has 0 saturated carbocycles. The second-order valence-corrected chi connectivity index (χ2v) is 9.03. The van der Waals surface area contributed by atoms with Gasteiger partial charge < -0.3 is 4.57 Å². The fourth-order valence-electron chi connectivity index (χ4n) is 2.90. The van der Waals surface area contributed by atoms with E-state index in [0.717, 1.165) is 0 Å². The van der Waals surface area contributed by atoms with Gasteiger partial charge in [0.25, 0.3) is 0 Å². The predicted molar refractivity (Wildman–Crippen MR) is 64.3 cm³/mol. The van der Waals surface area contributed by atoms with Crippen LogP contribution < -0.4 is 5.19 Å². The Morgan fingerprint density at radius 3 is 2.50 bits per heavy atom. The van der Waals surface area contributed by atoms with Crippen molar-refractivity contribution in [2.24, 2.45) is 0 Å². The number of nitrogens with zero attached hydrogens (tertiary/aromatic N) is 1. The Morgan fingerprint density at radius 1 is 1.21 bits per heavy atom. The van der Waals surface area contributed by atoms with Crippen molar-refractivity contribution in [2.75, 3.05) is 7.05 Å². The van der Waals surface area contributed by atoms with E-state index in [4.69, 9.17) is 0 Å². The number of rotatable bonds is 2. The van der Waals surface area contributed by atoms with Crippen LogP contribution in [0.1, 0.15) is 19.4 Å². The Balaban J connectivity index is 2.53. The lowest BCUT2D eigenvalue weighted by Crippen LogP contribution is -2.54. The molecule has 2 rings (SSSR count). The largest absolute Gasteiger partial charge is 0.319 e. The molecule has 76 valence electrons. The van der Waals surface area contributed by atoms with E-state index in [-0.39, 0.29) is 0 Å². The topological polar surface area (TPSA) is 3.24 Å². The second kappa shape index (κ2) is 3.52. The smallest absolute Gasteiger partial charge is 0.160 e. The van der Waals surface area contributed by atoms with E-state index in [2.05, 4.69) is 49.7 Å². The highest BCUT2D eigenvalue weighted by Crippen LogP contribution is 2.27. The molecule has 1 aliphatic heterocycles. The quantitative estimate of drug-likeness (QED) is 0.670. The van der Waals surface area contributed by atoms with Gasteiger partial charge in [-0.3, -0.25) is 0 Å². The summed E-state index contributed by atoms with van der Waals surface area (Å²) in [6.07, 6.45) is 0. The molecule has 0 unspecified atom stereocenters. The Bertz CT molecular complexity index is 331. The van der Waals surface area contributed by atoms with Gasteiger partial charge in [0.1, 0.15) is 0 Å². The molecular weight excluding hydrogens is 186 g/mol. The van der Waals surface area contributed by atoms with Crippen molar-refractivity contribution in [3.05, 3.63) is 29.8 Å². The highest BCUT2D eigenvalue weighted by molar-refractivity contribution is 6.90. The molecule has 0 bridgehead atoms. The van der Waals surface area contributed by atoms with E-state index in [0.29, 0.717) is 0 Å². The molecule has 1 heterocycles. The Labute approximate surface area is 87.8 Å². The van der Waals surface area contributed by atoms with Crippen LogP contribution in [0.4, 0.5) is 0 Å². The molecule has 0 saturated heterocycles. The highest BCUT2D eigenvalue weighted by atomic mass is 28.3. The van der Waals surface area contributed by atoms with Crippen LogP contribution in [0.3, 0.4) is 0 Å². The molecule has 0 radical (unpaired) electrons. The zero-order valence-corrected chi connectivity index (χ0v) is 10.4. The highest BCUT2D eigenvalue weighted by Gasteiger charge is 2.42. The number of hydrogen-bond donors (Lipinski definition) is 0. The van der Waals surface area contributed by atoms with E-state index in [1.807, 2.05) is 0 Å². The SMILES string of the molecule is CC[Si]1(CC)c2ccccc2CN1C. The Kier molecular flexibility index (Phi) is 2.50. The van der Waals surface area contributed by atoms with Crippen LogP contribution in [0.5, 0.6) is 0 Å². The van der Waals surface area contributed by atoms with Crippen molar-refractivity contribution >= 4 is 13.4 Å². The van der Waals surface area contributed by atoms with E-state index in [9.17, 15) is 0 Å². The normalized spacial score (nSPS) is 19.6. The maximum atomic E-state index is 2.64. The van der Waals surface area contributed by atoms with Gasteiger partial charge in [-0.1, -0.05) is 38.1 Å². The summed E-state index contributed by atoms with van der Waals surface area (Å²) in [7, 11) is 1.03. The Hall–Kier alpha value is -0.603. The summed E-state index contributed by atoms with van der Waals surface area (Å²) in [6.45, 7) is 5.88. The van der Waals surface area contributed by atoms with Crippen LogP contribution in [0.15, 0.2) is 24.3 Å². The minimum atomic E-state index is -1.27. The molecule has 0 atom stereocenters. The third-order valence-electron chi connectivity index (χ3n) is 3.83. The molecule has 0 spiro atoms. The molecule has 1 aliphatic rings. The molecule has 2 heteroatoms. The average molecular weight is 205 g/mol. The fourth-order valence-corrected chi connectivity index (χ4v) is 7.29. The van der Waals surface area contributed by atoms with Crippen molar-refractivity contribution in [2.45, 2.75) is 32.5 Å². The molecule has 0 aliphatic carbocycles. The zero-order valence-electron chi connectivity index (χ0n) is 9.38. The van der Waals surface area contributed by atoms with Crippen LogP contribution in [0.2, 0.25) is 12.1 Å². The molecule has 0 amide bonds. The van der Waals surface area contributed by atoms with Gasteiger partial charge in [0, 0.05) is 6.54 Å². The maximum absolute atomic E-state index is 2.64. The number of benzene rings is 1. The molecular formula is C12H19NSi. The molecule has 1 aromatic rings. The zero-order chi connectivity index (χ0) is 10.2. The van der Waals surface area contributed by atoms with Crippen molar-refractivity contribution < 1.29 is 0 Å².